The van der Waals surface area contributed by atoms with Crippen LogP contribution in [0.4, 0.5) is 0 Å². The van der Waals surface area contributed by atoms with Crippen LogP contribution in [-0.4, -0.2) is 48.0 Å². The second-order valence-corrected chi connectivity index (χ2v) is 8.81. The standard InChI is InChI=1S/C28H42N2O5/c1-5-7-9-10-11-12-18-33-25-15-13-24(14-16-25)27-29-19-26(20-30-27)35-22(3)21-34-28(31)23(4)32-17-8-6-2/h13-16,19-20,22-23H,5-12,17-18,21H2,1-4H3. The molecule has 2 rings (SSSR count). The first-order valence-electron chi connectivity index (χ1n) is 13.0. The Bertz CT molecular complexity index is 826. The molecule has 1 heterocycles. The predicted molar refractivity (Wildman–Crippen MR) is 138 cm³/mol. The van der Waals surface area contributed by atoms with Crippen LogP contribution < -0.4 is 9.47 Å². The van der Waals surface area contributed by atoms with Crippen molar-refractivity contribution in [3.05, 3.63) is 36.7 Å². The number of ether oxygens (including phenoxy) is 4. The lowest BCUT2D eigenvalue weighted by Crippen LogP contribution is -2.28. The first-order chi connectivity index (χ1) is 17.0. The van der Waals surface area contributed by atoms with Crippen molar-refractivity contribution in [2.45, 2.75) is 91.3 Å². The summed E-state index contributed by atoms with van der Waals surface area (Å²) in [5.74, 6) is 1.60. The predicted octanol–water partition coefficient (Wildman–Crippen LogP) is 6.40. The third-order valence-electron chi connectivity index (χ3n) is 5.50. The summed E-state index contributed by atoms with van der Waals surface area (Å²) in [6.07, 6.45) is 11.8. The Kier molecular flexibility index (Phi) is 13.8. The third-order valence-corrected chi connectivity index (χ3v) is 5.50. The lowest BCUT2D eigenvalue weighted by atomic mass is 10.1. The Morgan fingerprint density at radius 2 is 1.49 bits per heavy atom. The second kappa shape index (κ2) is 16.9. The SMILES string of the molecule is CCCCCCCCOc1ccc(-c2ncc(OC(C)COC(=O)C(C)OCCCC)cn2)cc1. The maximum atomic E-state index is 12.0. The van der Waals surface area contributed by atoms with E-state index in [2.05, 4.69) is 23.8 Å². The van der Waals surface area contributed by atoms with Crippen LogP contribution in [0.15, 0.2) is 36.7 Å². The first kappa shape index (κ1) is 28.6. The van der Waals surface area contributed by atoms with Crippen LogP contribution in [0.1, 0.15) is 79.1 Å². The van der Waals surface area contributed by atoms with E-state index >= 15 is 0 Å². The number of esters is 1. The highest BCUT2D eigenvalue weighted by Gasteiger charge is 2.17. The summed E-state index contributed by atoms with van der Waals surface area (Å²) in [6, 6.07) is 7.81. The average Bonchev–Trinajstić information content (AvgIpc) is 2.87. The fourth-order valence-corrected chi connectivity index (χ4v) is 3.35. The van der Waals surface area contributed by atoms with Gasteiger partial charge >= 0.3 is 5.97 Å². The third kappa shape index (κ3) is 11.5. The number of unbranched alkanes of at least 4 members (excludes halogenated alkanes) is 6. The highest BCUT2D eigenvalue weighted by Crippen LogP contribution is 2.21. The number of hydrogen-bond acceptors (Lipinski definition) is 7. The van der Waals surface area contributed by atoms with Crippen LogP contribution in [0, 0.1) is 0 Å². The summed E-state index contributed by atoms with van der Waals surface area (Å²) in [5.41, 5.74) is 0.905. The van der Waals surface area contributed by atoms with Crippen molar-refractivity contribution in [2.75, 3.05) is 19.8 Å². The van der Waals surface area contributed by atoms with Gasteiger partial charge in [-0.25, -0.2) is 14.8 Å². The fraction of sp³-hybridized carbons (Fsp3) is 0.607. The fourth-order valence-electron chi connectivity index (χ4n) is 3.35. The van der Waals surface area contributed by atoms with E-state index in [-0.39, 0.29) is 18.7 Å². The lowest BCUT2D eigenvalue weighted by Gasteiger charge is -2.17. The molecule has 0 fully saturated rings. The van der Waals surface area contributed by atoms with Gasteiger partial charge < -0.3 is 18.9 Å². The van der Waals surface area contributed by atoms with Gasteiger partial charge in [0.05, 0.1) is 19.0 Å². The van der Waals surface area contributed by atoms with Crippen LogP contribution >= 0.6 is 0 Å². The van der Waals surface area contributed by atoms with E-state index in [1.54, 1.807) is 19.3 Å². The van der Waals surface area contributed by atoms with E-state index in [0.29, 0.717) is 18.2 Å². The van der Waals surface area contributed by atoms with Gasteiger partial charge in [0, 0.05) is 12.2 Å². The van der Waals surface area contributed by atoms with Crippen molar-refractivity contribution in [2.24, 2.45) is 0 Å². The van der Waals surface area contributed by atoms with Gasteiger partial charge in [0.15, 0.2) is 17.7 Å². The van der Waals surface area contributed by atoms with Crippen molar-refractivity contribution in [3.8, 4) is 22.9 Å². The minimum atomic E-state index is -0.580. The molecule has 0 aliphatic rings. The van der Waals surface area contributed by atoms with E-state index < -0.39 is 6.10 Å². The van der Waals surface area contributed by atoms with Gasteiger partial charge in [-0.15, -0.1) is 0 Å². The zero-order chi connectivity index (χ0) is 25.3. The maximum absolute atomic E-state index is 12.0. The molecule has 0 bridgehead atoms. The monoisotopic (exact) mass is 486 g/mol. The topological polar surface area (TPSA) is 79.8 Å². The Labute approximate surface area is 210 Å². The van der Waals surface area contributed by atoms with Crippen molar-refractivity contribution >= 4 is 5.97 Å². The molecule has 0 aliphatic heterocycles. The highest BCUT2D eigenvalue weighted by molar-refractivity contribution is 5.74. The van der Waals surface area contributed by atoms with E-state index in [4.69, 9.17) is 18.9 Å². The molecule has 7 heteroatoms. The van der Waals surface area contributed by atoms with Gasteiger partial charge in [-0.2, -0.15) is 0 Å². The van der Waals surface area contributed by atoms with E-state index in [9.17, 15) is 4.79 Å². The molecule has 2 aromatic rings. The maximum Gasteiger partial charge on any atom is 0.335 e. The number of hydrogen-bond donors (Lipinski definition) is 0. The van der Waals surface area contributed by atoms with Crippen LogP contribution in [0.25, 0.3) is 11.4 Å². The molecule has 0 N–H and O–H groups in total. The van der Waals surface area contributed by atoms with E-state index in [1.807, 2.05) is 31.2 Å². The Hall–Kier alpha value is -2.67. The molecular formula is C28H42N2O5. The van der Waals surface area contributed by atoms with Crippen molar-refractivity contribution in [1.29, 1.82) is 0 Å². The van der Waals surface area contributed by atoms with E-state index in [0.717, 1.165) is 37.2 Å². The van der Waals surface area contributed by atoms with E-state index in [1.165, 1.54) is 32.1 Å². The van der Waals surface area contributed by atoms with Crippen molar-refractivity contribution in [1.82, 2.24) is 9.97 Å². The molecule has 0 amide bonds. The zero-order valence-corrected chi connectivity index (χ0v) is 21.8. The number of rotatable bonds is 18. The molecule has 35 heavy (non-hydrogen) atoms. The smallest absolute Gasteiger partial charge is 0.335 e. The Morgan fingerprint density at radius 3 is 2.17 bits per heavy atom. The summed E-state index contributed by atoms with van der Waals surface area (Å²) in [5, 5.41) is 0. The Morgan fingerprint density at radius 1 is 0.829 bits per heavy atom. The molecule has 0 radical (unpaired) electrons. The number of carbonyl (C=O) groups is 1. The normalized spacial score (nSPS) is 12.7. The summed E-state index contributed by atoms with van der Waals surface area (Å²) >= 11 is 0. The zero-order valence-electron chi connectivity index (χ0n) is 21.8. The highest BCUT2D eigenvalue weighted by atomic mass is 16.6. The molecule has 7 nitrogen and oxygen atoms in total. The van der Waals surface area contributed by atoms with Gasteiger partial charge in [0.25, 0.3) is 0 Å². The molecule has 194 valence electrons. The molecule has 0 spiro atoms. The number of nitrogens with zero attached hydrogens (tertiary/aromatic N) is 2. The minimum Gasteiger partial charge on any atom is -0.494 e. The molecule has 2 atom stereocenters. The number of carbonyl (C=O) groups excluding carboxylic acids is 1. The summed E-state index contributed by atoms with van der Waals surface area (Å²) in [7, 11) is 0. The number of benzene rings is 1. The largest absolute Gasteiger partial charge is 0.494 e. The summed E-state index contributed by atoms with van der Waals surface area (Å²) < 4.78 is 22.4. The molecule has 0 aliphatic carbocycles. The van der Waals surface area contributed by atoms with Crippen molar-refractivity contribution < 1.29 is 23.7 Å². The average molecular weight is 487 g/mol. The molecule has 1 aromatic carbocycles. The summed E-state index contributed by atoms with van der Waals surface area (Å²) in [4.78, 5) is 20.8. The van der Waals surface area contributed by atoms with Crippen LogP contribution in [0.5, 0.6) is 11.5 Å². The van der Waals surface area contributed by atoms with Gasteiger partial charge in [-0.05, 0) is 51.0 Å². The van der Waals surface area contributed by atoms with Gasteiger partial charge in [-0.3, -0.25) is 0 Å². The number of aromatic nitrogens is 2. The van der Waals surface area contributed by atoms with Crippen LogP contribution in [0.2, 0.25) is 0 Å². The van der Waals surface area contributed by atoms with Crippen LogP contribution in [-0.2, 0) is 14.3 Å². The van der Waals surface area contributed by atoms with Crippen molar-refractivity contribution in [3.63, 3.8) is 0 Å². The van der Waals surface area contributed by atoms with Gasteiger partial charge in [-0.1, -0.05) is 52.4 Å². The molecule has 0 saturated heterocycles. The molecule has 2 unspecified atom stereocenters. The molecule has 0 saturated carbocycles. The van der Waals surface area contributed by atoms with Gasteiger partial charge in [0.1, 0.15) is 18.5 Å². The second-order valence-electron chi connectivity index (χ2n) is 8.81. The minimum absolute atomic E-state index is 0.127. The Balaban J connectivity index is 1.72. The van der Waals surface area contributed by atoms with Gasteiger partial charge in [0.2, 0.25) is 0 Å². The quantitative estimate of drug-likeness (QED) is 0.178. The lowest BCUT2D eigenvalue weighted by molar-refractivity contribution is -0.158. The molecule has 1 aromatic heterocycles. The first-order valence-corrected chi connectivity index (χ1v) is 13.0. The molecular weight excluding hydrogens is 444 g/mol. The van der Waals surface area contributed by atoms with Crippen LogP contribution in [0.3, 0.4) is 0 Å². The summed E-state index contributed by atoms with van der Waals surface area (Å²) in [6.45, 7) is 9.25.